The molecule has 0 aliphatic rings. The molecule has 0 saturated heterocycles. The molecule has 3 aromatic heterocycles. The molecule has 0 atom stereocenters. The monoisotopic (exact) mass is 1120 g/mol. The molecule has 0 fully saturated rings. The molecule has 3 heterocycles. The van der Waals surface area contributed by atoms with Crippen molar-refractivity contribution in [2.24, 2.45) is 0 Å². The summed E-state index contributed by atoms with van der Waals surface area (Å²) in [7, 11) is 219. The number of aryl methyl sites for hydroxylation is 1. The number of fused-ring (bicyclic) bond motifs is 3. The highest BCUT2D eigenvalue weighted by atomic mass is 79.9. The van der Waals surface area contributed by atoms with Gasteiger partial charge in [-0.15, -0.1) is 0 Å². The summed E-state index contributed by atoms with van der Waals surface area (Å²) >= 11 is 3.60. The lowest BCUT2D eigenvalue weighted by molar-refractivity contribution is 0.653. The molecule has 0 unspecified atom stereocenters. The fraction of sp³-hybridized carbons (Fsp3) is 0.0435. The lowest BCUT2D eigenvalue weighted by Gasteiger charge is -2.59. The van der Waals surface area contributed by atoms with Crippen LogP contribution in [-0.2, 0) is 0 Å². The first-order valence-corrected chi connectivity index (χ1v) is 30.5. The molecule has 91 heavy (non-hydrogen) atoms. The van der Waals surface area contributed by atoms with E-state index in [-0.39, 0.29) is 0 Å². The van der Waals surface area contributed by atoms with Gasteiger partial charge in [-0.05, 0) is 42.8 Å². The normalized spacial score (nSPS) is 10.2. The summed E-state index contributed by atoms with van der Waals surface area (Å²) in [4.78, 5) is 9.22. The van der Waals surface area contributed by atoms with E-state index < -0.39 is 198 Å². The maximum absolute atomic E-state index is 6.92. The molecule has 322 valence electrons. The molecule has 66 radical (unpaired) electrons. The molecule has 5 rings (SSSR count). The molecule has 0 N–H and O–H groups in total. The smallest absolute Gasteiger partial charge is 0.227 e. The van der Waals surface area contributed by atoms with Gasteiger partial charge in [-0.2, -0.15) is 0 Å². The molecule has 3 nitrogen and oxygen atoms in total. The van der Waals surface area contributed by atoms with Crippen molar-refractivity contribution in [1.82, 2.24) is 9.97 Å². The molecule has 0 amide bonds. The van der Waals surface area contributed by atoms with Gasteiger partial charge in [-0.25, -0.2) is 4.98 Å². The van der Waals surface area contributed by atoms with Gasteiger partial charge >= 0.3 is 0 Å². The number of pyridine rings is 2. The van der Waals surface area contributed by atoms with E-state index in [0.29, 0.717) is 5.71 Å². The maximum Gasteiger partial charge on any atom is 0.227 e. The highest BCUT2D eigenvalue weighted by molar-refractivity contribution is 9.10. The Bertz CT molecular complexity index is 2780. The summed E-state index contributed by atoms with van der Waals surface area (Å²) in [5.74, 6) is 0. The van der Waals surface area contributed by atoms with Crippen LogP contribution in [0.25, 0.3) is 44.5 Å². The standard InChI is InChI=1S/C23H15BrN2O.B64/c1-14-9-11-18-17-6-4-7-19(22(17)27-23(18)26-14)21-12-10-15(13-25-21)16-5-2-3-8-20(16)24;1-34(2)50(33)58(49(31)32)62(57(47(27)28)48(29)30)64(61(55(43(19)20)44(21)22)56(45(23)24)46(25)26)63(59(51(35(3)4)36(5)6)52(37(7)8)38(9)10)60(53(39(11)12)40(13)14)54(41(15)16)42(17)18/h2-13H,1H3;. The van der Waals surface area contributed by atoms with Crippen LogP contribution in [0, 0.1) is 6.92 Å². The Kier molecular flexibility index (Phi) is 35.6. The Labute approximate surface area is 612 Å². The van der Waals surface area contributed by atoms with Crippen molar-refractivity contribution < 1.29 is 4.42 Å². The van der Waals surface area contributed by atoms with Gasteiger partial charge in [0, 0.05) is 492 Å². The van der Waals surface area contributed by atoms with Gasteiger partial charge in [0.2, 0.25) is 5.71 Å². The number of para-hydroxylation sites is 1. The predicted molar refractivity (Wildman–Crippen MR) is 481 cm³/mol. The SMILES string of the molecule is Cc1ccc2c(n1)oc1c(-c3ccc(-c4ccccc4Br)cn3)cccc12.[B]B([B])B([B])B(B([B])[B])B(B(B([B])[B])B([B])[B])B(B(B(B([B])[B])B([B])[B])B(B([B])[B])B([B])[B])B(B(B(B([B])[B])B([B])[B])B(B([B])[B])B([B])[B])B(B(B([B])[B])B([B])[B])B(B([B])[B])B([B])[B]. The van der Waals surface area contributed by atoms with E-state index >= 15 is 0 Å². The van der Waals surface area contributed by atoms with E-state index in [4.69, 9.17) is 265 Å². The van der Waals surface area contributed by atoms with Crippen molar-refractivity contribution in [3.8, 4) is 22.4 Å². The molecule has 0 saturated carbocycles. The number of rotatable bonds is 32. The third kappa shape index (κ3) is 21.1. The quantitative estimate of drug-likeness (QED) is 0.0403. The first-order chi connectivity index (χ1) is 42.3. The summed E-state index contributed by atoms with van der Waals surface area (Å²) in [6.45, 7) is 1.97. The molecular formula is C23H15B64BrN2O. The van der Waals surface area contributed by atoms with Crippen molar-refractivity contribution in [2.75, 3.05) is 0 Å². The van der Waals surface area contributed by atoms with Crippen LogP contribution in [0.5, 0.6) is 0 Å². The van der Waals surface area contributed by atoms with Crippen molar-refractivity contribution in [3.63, 3.8) is 0 Å². The lowest BCUT2D eigenvalue weighted by Crippen LogP contribution is -2.97. The van der Waals surface area contributed by atoms with Gasteiger partial charge in [0.1, 0.15) is 5.58 Å². The van der Waals surface area contributed by atoms with E-state index in [2.05, 4.69) is 45.2 Å². The fourth-order valence-electron chi connectivity index (χ4n) is 14.4. The van der Waals surface area contributed by atoms with Gasteiger partial charge in [-0.3, -0.25) is 4.98 Å². The van der Waals surface area contributed by atoms with Gasteiger partial charge < -0.3 is 4.42 Å². The maximum atomic E-state index is 6.92. The van der Waals surface area contributed by atoms with Crippen LogP contribution in [0.15, 0.2) is 81.8 Å². The summed E-state index contributed by atoms with van der Waals surface area (Å²) < 4.78 is 7.15. The molecule has 0 bridgehead atoms. The summed E-state index contributed by atoms with van der Waals surface area (Å²) in [6.07, 6.45) is -44.1. The third-order valence-electron chi connectivity index (χ3n) is 18.1. The first kappa shape index (κ1) is 84.6. The highest BCUT2D eigenvalue weighted by Crippen LogP contribution is 2.36. The Morgan fingerprint density at radius 2 is 0.626 bits per heavy atom. The largest absolute Gasteiger partial charge is 0.437 e. The Morgan fingerprint density at radius 1 is 0.308 bits per heavy atom. The first-order valence-electron chi connectivity index (χ1n) is 29.7. The zero-order valence-electron chi connectivity index (χ0n) is 51.6. The molecule has 68 heteroatoms. The van der Waals surface area contributed by atoms with Gasteiger partial charge in [0.25, 0.3) is 0 Å². The lowest BCUT2D eigenvalue weighted by atomic mass is 8.22. The summed E-state index contributed by atoms with van der Waals surface area (Å²) in [6, 6.07) is 22.5. The van der Waals surface area contributed by atoms with Crippen LogP contribution in [0.4, 0.5) is 0 Å². The molecular weight excluding hydrogens is 1090 g/mol. The third-order valence-corrected chi connectivity index (χ3v) is 18.8. The second kappa shape index (κ2) is 38.3. The second-order valence-corrected chi connectivity index (χ2v) is 25.3. The van der Waals surface area contributed by atoms with Crippen LogP contribution >= 0.6 is 15.9 Å². The van der Waals surface area contributed by atoms with Crippen molar-refractivity contribution in [1.29, 1.82) is 0 Å². The van der Waals surface area contributed by atoms with Crippen LogP contribution < -0.4 is 0 Å². The topological polar surface area (TPSA) is 38.9 Å². The van der Waals surface area contributed by atoms with Gasteiger partial charge in [0.05, 0.1) is 5.69 Å². The van der Waals surface area contributed by atoms with E-state index in [1.165, 1.54) is 0 Å². The number of hydrogen-bond donors (Lipinski definition) is 0. The van der Waals surface area contributed by atoms with Crippen molar-refractivity contribution >= 4 is 491 Å². The minimum Gasteiger partial charge on any atom is -0.437 e. The number of nitrogens with zero attached hydrogens (tertiary/aromatic N) is 2. The van der Waals surface area contributed by atoms with Gasteiger partial charge in [0.15, 0.2) is 0 Å². The Balaban J connectivity index is 0.000000530. The van der Waals surface area contributed by atoms with Crippen LogP contribution in [-0.4, -0.2) is 463 Å². The van der Waals surface area contributed by atoms with Crippen LogP contribution in [0.3, 0.4) is 0 Å². The minimum absolute atomic E-state index is 0.669. The highest BCUT2D eigenvalue weighted by Gasteiger charge is 2.63. The fourth-order valence-corrected chi connectivity index (χ4v) is 14.9. The molecule has 0 spiro atoms. The molecule has 2 aromatic carbocycles. The Hall–Kier alpha value is 1.18. The minimum atomic E-state index is -1.60. The van der Waals surface area contributed by atoms with E-state index in [9.17, 15) is 0 Å². The average Bonchev–Trinajstić information content (AvgIpc) is 1.05. The second-order valence-electron chi connectivity index (χ2n) is 24.4. The Morgan fingerprint density at radius 3 is 0.934 bits per heavy atom. The van der Waals surface area contributed by atoms with Crippen LogP contribution in [0.2, 0.25) is 0 Å². The summed E-state index contributed by atoms with van der Waals surface area (Å²) in [5, 5.41) is 2.09. The zero-order chi connectivity index (χ0) is 69.3. The summed E-state index contributed by atoms with van der Waals surface area (Å²) in [5.41, 5.74) is 6.49. The number of benzene rings is 2. The molecule has 5 aromatic rings. The van der Waals surface area contributed by atoms with Crippen LogP contribution in [0.1, 0.15) is 5.69 Å². The van der Waals surface area contributed by atoms with Crippen molar-refractivity contribution in [3.05, 3.63) is 83.1 Å². The predicted octanol–water partition coefficient (Wildman–Crippen LogP) is -17.6. The molecule has 0 aliphatic carbocycles. The number of aromatic nitrogens is 2. The number of halogens is 1. The van der Waals surface area contributed by atoms with Crippen molar-refractivity contribution in [2.45, 2.75) is 6.92 Å². The van der Waals surface area contributed by atoms with E-state index in [1.807, 2.05) is 55.6 Å². The number of hydrogen-bond acceptors (Lipinski definition) is 3. The van der Waals surface area contributed by atoms with E-state index in [1.54, 1.807) is 0 Å². The molecule has 0 aliphatic heterocycles. The number of furan rings is 1. The van der Waals surface area contributed by atoms with Gasteiger partial charge in [-0.1, -0.05) is 52.3 Å². The van der Waals surface area contributed by atoms with E-state index in [0.717, 1.165) is 48.9 Å². The average molecular weight is 1110 g/mol. The zero-order valence-corrected chi connectivity index (χ0v) is 53.1.